The maximum Gasteiger partial charge on any atom is 0.120 e. The van der Waals surface area contributed by atoms with Crippen molar-refractivity contribution in [3.05, 3.63) is 54.5 Å². The topological polar surface area (TPSA) is 82.6 Å². The van der Waals surface area contributed by atoms with Gasteiger partial charge in [-0.1, -0.05) is 6.07 Å². The summed E-state index contributed by atoms with van der Waals surface area (Å²) in [7, 11) is 2.08. The zero-order valence-corrected chi connectivity index (χ0v) is 18.4. The number of fused-ring (bicyclic) bond motifs is 3. The predicted octanol–water partition coefficient (Wildman–Crippen LogP) is 4.11. The van der Waals surface area contributed by atoms with Gasteiger partial charge in [0.25, 0.3) is 0 Å². The number of pyridine rings is 3. The Morgan fingerprint density at radius 3 is 2.62 bits per heavy atom. The molecular formula is C25H27N7. The van der Waals surface area contributed by atoms with E-state index in [1.54, 1.807) is 0 Å². The summed E-state index contributed by atoms with van der Waals surface area (Å²) in [6, 6.07) is 14.0. The van der Waals surface area contributed by atoms with Gasteiger partial charge in [0.15, 0.2) is 0 Å². The molecule has 0 saturated carbocycles. The molecule has 2 atom stereocenters. The molecule has 2 fully saturated rings. The molecule has 6 rings (SSSR count). The van der Waals surface area contributed by atoms with Gasteiger partial charge in [-0.25, -0.2) is 4.98 Å². The van der Waals surface area contributed by atoms with Crippen molar-refractivity contribution < 1.29 is 0 Å². The molecule has 2 aliphatic rings. The Kier molecular flexibility index (Phi) is 4.64. The third kappa shape index (κ3) is 3.24. The lowest BCUT2D eigenvalue weighted by Gasteiger charge is -2.40. The minimum Gasteiger partial charge on any atom is -0.364 e. The number of hydrogen-bond acceptors (Lipinski definition) is 6. The van der Waals surface area contributed by atoms with E-state index in [4.69, 9.17) is 9.97 Å². The first kappa shape index (κ1) is 19.4. The molecule has 2 N–H and O–H groups in total. The van der Waals surface area contributed by atoms with Crippen LogP contribution in [-0.4, -0.2) is 50.3 Å². The van der Waals surface area contributed by atoms with Gasteiger partial charge in [-0.2, -0.15) is 5.10 Å². The van der Waals surface area contributed by atoms with Crippen molar-refractivity contribution in [3.8, 4) is 22.6 Å². The molecule has 4 aromatic rings. The highest BCUT2D eigenvalue weighted by molar-refractivity contribution is 5.84. The van der Waals surface area contributed by atoms with Gasteiger partial charge >= 0.3 is 0 Å². The number of nitrogens with zero attached hydrogens (tertiary/aromatic N) is 5. The van der Waals surface area contributed by atoms with E-state index in [0.717, 1.165) is 39.4 Å². The molecule has 2 saturated heterocycles. The van der Waals surface area contributed by atoms with Gasteiger partial charge in [-0.05, 0) is 70.0 Å². The van der Waals surface area contributed by atoms with Crippen LogP contribution in [0.15, 0.2) is 48.8 Å². The number of aromatic nitrogens is 5. The number of aryl methyl sites for hydroxylation is 1. The smallest absolute Gasteiger partial charge is 0.120 e. The van der Waals surface area contributed by atoms with E-state index in [1.807, 2.05) is 49.6 Å². The molecular weight excluding hydrogens is 398 g/mol. The number of anilines is 1. The fraction of sp³-hybridized carbons (Fsp3) is 0.360. The first-order valence-electron chi connectivity index (χ1n) is 11.4. The molecule has 0 amide bonds. The Bertz CT molecular complexity index is 1270. The molecule has 32 heavy (non-hydrogen) atoms. The Balaban J connectivity index is 1.38. The summed E-state index contributed by atoms with van der Waals surface area (Å²) in [6.45, 7) is 1.99. The zero-order valence-electron chi connectivity index (χ0n) is 18.4. The molecule has 0 spiro atoms. The summed E-state index contributed by atoms with van der Waals surface area (Å²) in [4.78, 5) is 17.0. The molecule has 6 heterocycles. The molecule has 2 unspecified atom stereocenters. The maximum absolute atomic E-state index is 4.99. The normalized spacial score (nSPS) is 22.6. The highest BCUT2D eigenvalue weighted by Gasteiger charge is 2.40. The first-order valence-corrected chi connectivity index (χ1v) is 11.4. The first-order chi connectivity index (χ1) is 15.7. The lowest BCUT2D eigenvalue weighted by Crippen LogP contribution is -2.48. The van der Waals surface area contributed by atoms with Crippen LogP contribution in [-0.2, 0) is 0 Å². The second kappa shape index (κ2) is 7.67. The molecule has 4 aromatic heterocycles. The van der Waals surface area contributed by atoms with Crippen LogP contribution in [0.1, 0.15) is 31.4 Å². The third-order valence-electron chi connectivity index (χ3n) is 7.01. The fourth-order valence-electron chi connectivity index (χ4n) is 5.48. The third-order valence-corrected chi connectivity index (χ3v) is 7.01. The van der Waals surface area contributed by atoms with E-state index in [-0.39, 0.29) is 0 Å². The van der Waals surface area contributed by atoms with E-state index in [2.05, 4.69) is 38.5 Å². The van der Waals surface area contributed by atoms with Gasteiger partial charge in [-0.15, -0.1) is 0 Å². The van der Waals surface area contributed by atoms with Crippen molar-refractivity contribution in [2.24, 2.45) is 0 Å². The minimum atomic E-state index is 0.585. The quantitative estimate of drug-likeness (QED) is 0.512. The Morgan fingerprint density at radius 1 is 1.00 bits per heavy atom. The van der Waals surface area contributed by atoms with Gasteiger partial charge in [0.05, 0.1) is 34.3 Å². The molecule has 162 valence electrons. The molecule has 7 nitrogen and oxygen atoms in total. The van der Waals surface area contributed by atoms with Crippen LogP contribution in [0.25, 0.3) is 33.7 Å². The highest BCUT2D eigenvalue weighted by atomic mass is 15.2. The number of hydrogen-bond donors (Lipinski definition) is 2. The van der Waals surface area contributed by atoms with Crippen molar-refractivity contribution in [1.29, 1.82) is 0 Å². The second-order valence-corrected chi connectivity index (χ2v) is 8.99. The summed E-state index contributed by atoms with van der Waals surface area (Å²) in [6.07, 6.45) is 8.83. The zero-order chi connectivity index (χ0) is 21.7. The van der Waals surface area contributed by atoms with Crippen LogP contribution < -0.4 is 10.2 Å². The van der Waals surface area contributed by atoms with E-state index in [9.17, 15) is 0 Å². The van der Waals surface area contributed by atoms with Crippen molar-refractivity contribution in [3.63, 3.8) is 0 Å². The van der Waals surface area contributed by atoms with E-state index in [0.29, 0.717) is 18.1 Å². The van der Waals surface area contributed by atoms with E-state index < -0.39 is 0 Å². The summed E-state index contributed by atoms with van der Waals surface area (Å²) in [5.41, 5.74) is 7.47. The summed E-state index contributed by atoms with van der Waals surface area (Å²) in [5.74, 6) is 0. The summed E-state index contributed by atoms with van der Waals surface area (Å²) >= 11 is 0. The lowest BCUT2D eigenvalue weighted by molar-refractivity contribution is 0.373. The molecule has 7 heteroatoms. The number of H-pyrrole nitrogens is 1. The van der Waals surface area contributed by atoms with Gasteiger partial charge in [-0.3, -0.25) is 15.1 Å². The largest absolute Gasteiger partial charge is 0.364 e. The molecule has 2 bridgehead atoms. The van der Waals surface area contributed by atoms with Crippen LogP contribution in [0.4, 0.5) is 5.69 Å². The van der Waals surface area contributed by atoms with Crippen molar-refractivity contribution in [2.45, 2.75) is 50.7 Å². The van der Waals surface area contributed by atoms with Crippen LogP contribution in [0.3, 0.4) is 0 Å². The van der Waals surface area contributed by atoms with Gasteiger partial charge in [0.2, 0.25) is 0 Å². The molecule has 2 aliphatic heterocycles. The molecule has 0 aliphatic carbocycles. The maximum atomic E-state index is 4.99. The summed E-state index contributed by atoms with van der Waals surface area (Å²) in [5, 5.41) is 10.9. The average molecular weight is 426 g/mol. The number of piperidine rings is 1. The van der Waals surface area contributed by atoms with Crippen LogP contribution in [0.5, 0.6) is 0 Å². The monoisotopic (exact) mass is 425 g/mol. The molecule has 0 aromatic carbocycles. The van der Waals surface area contributed by atoms with Crippen LogP contribution in [0, 0.1) is 6.92 Å². The Labute approximate surface area is 187 Å². The summed E-state index contributed by atoms with van der Waals surface area (Å²) < 4.78 is 0. The standard InChI is InChI=1S/C25H27N7/c1-15-4-3-5-23(29-15)25-20(14-28-31-25)21-8-9-22-24(30-21)12-19(13-27-22)32-17-6-7-18(32)11-16(10-17)26-2/h3-5,8-9,12-14,16-18,26H,6-7,10-11H2,1-2H3,(H,28,31). The highest BCUT2D eigenvalue weighted by Crippen LogP contribution is 2.40. The van der Waals surface area contributed by atoms with Crippen LogP contribution in [0.2, 0.25) is 0 Å². The van der Waals surface area contributed by atoms with Crippen molar-refractivity contribution >= 4 is 16.7 Å². The SMILES string of the molecule is CNC1CC2CCC(C1)N2c1cnc2ccc(-c3c[nH]nc3-c3cccc(C)n3)nc2c1. The van der Waals surface area contributed by atoms with Gasteiger partial charge in [0, 0.05) is 35.6 Å². The number of rotatable bonds is 4. The van der Waals surface area contributed by atoms with Gasteiger partial charge in [0.1, 0.15) is 5.69 Å². The fourth-order valence-corrected chi connectivity index (χ4v) is 5.48. The Morgan fingerprint density at radius 2 is 1.84 bits per heavy atom. The number of aromatic amines is 1. The second-order valence-electron chi connectivity index (χ2n) is 8.99. The molecule has 0 radical (unpaired) electrons. The number of nitrogens with one attached hydrogen (secondary N) is 2. The van der Waals surface area contributed by atoms with Crippen LogP contribution >= 0.6 is 0 Å². The Hall–Kier alpha value is -3.32. The van der Waals surface area contributed by atoms with Crippen molar-refractivity contribution in [2.75, 3.05) is 11.9 Å². The van der Waals surface area contributed by atoms with E-state index >= 15 is 0 Å². The predicted molar refractivity (Wildman–Crippen MR) is 126 cm³/mol. The lowest BCUT2D eigenvalue weighted by atomic mass is 9.97. The minimum absolute atomic E-state index is 0.585. The van der Waals surface area contributed by atoms with Gasteiger partial charge < -0.3 is 10.2 Å². The van der Waals surface area contributed by atoms with Crippen molar-refractivity contribution in [1.82, 2.24) is 30.5 Å². The van der Waals surface area contributed by atoms with E-state index in [1.165, 1.54) is 31.4 Å². The average Bonchev–Trinajstić information content (AvgIpc) is 3.41.